The molecule has 0 radical (unpaired) electrons. The van der Waals surface area contributed by atoms with Crippen molar-refractivity contribution in [2.24, 2.45) is 0 Å². The highest BCUT2D eigenvalue weighted by atomic mass is 35.5. The Hall–Kier alpha value is -2.24. The van der Waals surface area contributed by atoms with Gasteiger partial charge in [-0.15, -0.1) is 0 Å². The van der Waals surface area contributed by atoms with Crippen molar-refractivity contribution < 1.29 is 14.3 Å². The quantitative estimate of drug-likeness (QED) is 0.831. The van der Waals surface area contributed by atoms with E-state index in [0.29, 0.717) is 21.4 Å². The van der Waals surface area contributed by atoms with Gasteiger partial charge in [-0.3, -0.25) is 20.4 Å². The molecule has 0 spiro atoms. The normalized spacial score (nSPS) is 10.0. The molecule has 0 bridgehead atoms. The Morgan fingerprint density at radius 2 is 1.83 bits per heavy atom. The summed E-state index contributed by atoms with van der Waals surface area (Å²) in [4.78, 5) is 24.0. The largest absolute Gasteiger partial charge is 0.496 e. The van der Waals surface area contributed by atoms with Crippen LogP contribution in [0.15, 0.2) is 42.5 Å². The molecule has 0 saturated carbocycles. The van der Waals surface area contributed by atoms with Crippen LogP contribution in [0.4, 0.5) is 0 Å². The third-order valence-corrected chi connectivity index (χ3v) is 3.64. The maximum atomic E-state index is 12.1. The van der Waals surface area contributed by atoms with Crippen molar-refractivity contribution in [1.82, 2.24) is 10.9 Å². The monoisotopic (exact) mass is 352 g/mol. The minimum absolute atomic E-state index is 0.0533. The van der Waals surface area contributed by atoms with E-state index >= 15 is 0 Å². The SMILES string of the molecule is COc1cc(Cl)ccc1C(=O)NNC(=O)Cc1ccccc1Cl. The maximum absolute atomic E-state index is 12.1. The van der Waals surface area contributed by atoms with Crippen LogP contribution in [0.5, 0.6) is 5.75 Å². The van der Waals surface area contributed by atoms with Gasteiger partial charge in [-0.05, 0) is 29.8 Å². The Balaban J connectivity index is 1.97. The predicted molar refractivity (Wildman–Crippen MR) is 88.8 cm³/mol. The lowest BCUT2D eigenvalue weighted by Gasteiger charge is -2.11. The fourth-order valence-corrected chi connectivity index (χ4v) is 2.27. The molecule has 2 rings (SSSR count). The van der Waals surface area contributed by atoms with E-state index in [0.717, 1.165) is 0 Å². The number of halogens is 2. The Morgan fingerprint density at radius 1 is 1.09 bits per heavy atom. The molecular formula is C16H14Cl2N2O3. The summed E-state index contributed by atoms with van der Waals surface area (Å²) in [5.41, 5.74) is 5.60. The first-order chi connectivity index (χ1) is 11.0. The molecule has 5 nitrogen and oxygen atoms in total. The minimum atomic E-state index is -0.508. The average Bonchev–Trinajstić information content (AvgIpc) is 2.54. The van der Waals surface area contributed by atoms with Crippen molar-refractivity contribution in [3.05, 3.63) is 63.6 Å². The number of nitrogens with one attached hydrogen (secondary N) is 2. The number of benzene rings is 2. The number of carbonyl (C=O) groups excluding carboxylic acids is 2. The summed E-state index contributed by atoms with van der Waals surface area (Å²) in [6.45, 7) is 0. The van der Waals surface area contributed by atoms with Gasteiger partial charge in [0.1, 0.15) is 5.75 Å². The molecule has 0 aliphatic carbocycles. The van der Waals surface area contributed by atoms with E-state index in [1.54, 1.807) is 30.3 Å². The number of carbonyl (C=O) groups is 2. The zero-order valence-electron chi connectivity index (χ0n) is 12.2. The van der Waals surface area contributed by atoms with Gasteiger partial charge in [0.05, 0.1) is 19.1 Å². The van der Waals surface area contributed by atoms with Crippen LogP contribution in [0.25, 0.3) is 0 Å². The number of hydrogen-bond acceptors (Lipinski definition) is 3. The molecule has 0 unspecified atom stereocenters. The fraction of sp³-hybridized carbons (Fsp3) is 0.125. The van der Waals surface area contributed by atoms with Crippen molar-refractivity contribution >= 4 is 35.0 Å². The van der Waals surface area contributed by atoms with Crippen LogP contribution in [0.3, 0.4) is 0 Å². The lowest BCUT2D eigenvalue weighted by atomic mass is 10.1. The molecule has 2 aromatic carbocycles. The number of ether oxygens (including phenoxy) is 1. The molecule has 2 N–H and O–H groups in total. The van der Waals surface area contributed by atoms with Crippen LogP contribution in [-0.2, 0) is 11.2 Å². The van der Waals surface area contributed by atoms with Crippen LogP contribution in [0.1, 0.15) is 15.9 Å². The van der Waals surface area contributed by atoms with E-state index in [9.17, 15) is 9.59 Å². The van der Waals surface area contributed by atoms with Crippen LogP contribution < -0.4 is 15.6 Å². The summed E-state index contributed by atoms with van der Waals surface area (Å²) in [5.74, 6) is -0.583. The predicted octanol–water partition coefficient (Wildman–Crippen LogP) is 3.01. The smallest absolute Gasteiger partial charge is 0.273 e. The first-order valence-corrected chi connectivity index (χ1v) is 7.43. The van der Waals surface area contributed by atoms with E-state index < -0.39 is 5.91 Å². The Morgan fingerprint density at radius 3 is 2.52 bits per heavy atom. The maximum Gasteiger partial charge on any atom is 0.273 e. The number of rotatable bonds is 4. The van der Waals surface area contributed by atoms with Gasteiger partial charge in [0.25, 0.3) is 5.91 Å². The first kappa shape index (κ1) is 17.1. The average molecular weight is 353 g/mol. The molecule has 23 heavy (non-hydrogen) atoms. The highest BCUT2D eigenvalue weighted by Crippen LogP contribution is 2.22. The second-order valence-electron chi connectivity index (χ2n) is 4.62. The van der Waals surface area contributed by atoms with Crippen molar-refractivity contribution in [1.29, 1.82) is 0 Å². The first-order valence-electron chi connectivity index (χ1n) is 6.67. The molecule has 120 valence electrons. The summed E-state index contributed by atoms with van der Waals surface area (Å²) in [6.07, 6.45) is 0.0533. The molecule has 2 amide bonds. The summed E-state index contributed by atoms with van der Waals surface area (Å²) in [5, 5.41) is 0.939. The zero-order chi connectivity index (χ0) is 16.8. The molecular weight excluding hydrogens is 339 g/mol. The van der Waals surface area contributed by atoms with Crippen LogP contribution in [-0.4, -0.2) is 18.9 Å². The molecule has 0 saturated heterocycles. The van der Waals surface area contributed by atoms with Crippen LogP contribution >= 0.6 is 23.2 Å². The summed E-state index contributed by atoms with van der Waals surface area (Å²) >= 11 is 11.8. The van der Waals surface area contributed by atoms with E-state index in [1.807, 2.05) is 0 Å². The molecule has 7 heteroatoms. The lowest BCUT2D eigenvalue weighted by molar-refractivity contribution is -0.121. The molecule has 0 atom stereocenters. The molecule has 0 aliphatic rings. The second-order valence-corrected chi connectivity index (χ2v) is 5.46. The van der Waals surface area contributed by atoms with Gasteiger partial charge in [0.15, 0.2) is 0 Å². The molecule has 0 aliphatic heterocycles. The number of hydrogen-bond donors (Lipinski definition) is 2. The topological polar surface area (TPSA) is 67.4 Å². The third kappa shape index (κ3) is 4.61. The van der Waals surface area contributed by atoms with Gasteiger partial charge < -0.3 is 4.74 Å². The third-order valence-electron chi connectivity index (χ3n) is 3.03. The standard InChI is InChI=1S/C16H14Cl2N2O3/c1-23-14-9-11(17)6-7-12(14)16(22)20-19-15(21)8-10-4-2-3-5-13(10)18/h2-7,9H,8H2,1H3,(H,19,21)(H,20,22). The van der Waals surface area contributed by atoms with Crippen molar-refractivity contribution in [3.63, 3.8) is 0 Å². The lowest BCUT2D eigenvalue weighted by Crippen LogP contribution is -2.42. The summed E-state index contributed by atoms with van der Waals surface area (Å²) in [7, 11) is 1.43. The molecule has 0 aromatic heterocycles. The van der Waals surface area contributed by atoms with Gasteiger partial charge in [0, 0.05) is 10.0 Å². The Bertz CT molecular complexity index is 735. The van der Waals surface area contributed by atoms with Gasteiger partial charge in [-0.1, -0.05) is 41.4 Å². The molecule has 0 fully saturated rings. The second kappa shape index (κ2) is 7.85. The summed E-state index contributed by atoms with van der Waals surface area (Å²) in [6, 6.07) is 11.6. The van der Waals surface area contributed by atoms with E-state index in [4.69, 9.17) is 27.9 Å². The van der Waals surface area contributed by atoms with Crippen LogP contribution in [0.2, 0.25) is 10.0 Å². The molecule has 2 aromatic rings. The van der Waals surface area contributed by atoms with Gasteiger partial charge in [-0.25, -0.2) is 0 Å². The van der Waals surface area contributed by atoms with Gasteiger partial charge in [-0.2, -0.15) is 0 Å². The van der Waals surface area contributed by atoms with Crippen molar-refractivity contribution in [3.8, 4) is 5.75 Å². The highest BCUT2D eigenvalue weighted by Gasteiger charge is 2.14. The zero-order valence-corrected chi connectivity index (χ0v) is 13.7. The van der Waals surface area contributed by atoms with E-state index in [2.05, 4.69) is 10.9 Å². The van der Waals surface area contributed by atoms with Crippen molar-refractivity contribution in [2.45, 2.75) is 6.42 Å². The highest BCUT2D eigenvalue weighted by molar-refractivity contribution is 6.31. The number of methoxy groups -OCH3 is 1. The van der Waals surface area contributed by atoms with Gasteiger partial charge >= 0.3 is 0 Å². The van der Waals surface area contributed by atoms with Crippen molar-refractivity contribution in [2.75, 3.05) is 7.11 Å². The Kier molecular flexibility index (Phi) is 5.84. The Labute approximate surface area is 143 Å². The van der Waals surface area contributed by atoms with Crippen LogP contribution in [0, 0.1) is 0 Å². The number of hydrazine groups is 1. The summed E-state index contributed by atoms with van der Waals surface area (Å²) < 4.78 is 5.09. The minimum Gasteiger partial charge on any atom is -0.496 e. The molecule has 0 heterocycles. The van der Waals surface area contributed by atoms with E-state index in [1.165, 1.54) is 19.2 Å². The van der Waals surface area contributed by atoms with Gasteiger partial charge in [0.2, 0.25) is 5.91 Å². The number of amides is 2. The van der Waals surface area contributed by atoms with E-state index in [-0.39, 0.29) is 17.9 Å². The fourth-order valence-electron chi connectivity index (χ4n) is 1.91.